The van der Waals surface area contributed by atoms with Crippen LogP contribution in [0.15, 0.2) is 24.3 Å². The van der Waals surface area contributed by atoms with Crippen molar-refractivity contribution in [2.45, 2.75) is 37.8 Å². The Morgan fingerprint density at radius 3 is 2.46 bits per heavy atom. The average molecular weight is 363 g/mol. The van der Waals surface area contributed by atoms with Crippen LogP contribution in [0.5, 0.6) is 5.75 Å². The predicted molar refractivity (Wildman–Crippen MR) is 93.4 cm³/mol. The number of carbonyl (C=O) groups is 2. The van der Waals surface area contributed by atoms with Gasteiger partial charge in [-0.05, 0) is 49.9 Å². The summed E-state index contributed by atoms with van der Waals surface area (Å²) in [7, 11) is 0. The van der Waals surface area contributed by atoms with Gasteiger partial charge in [0.1, 0.15) is 18.9 Å². The van der Waals surface area contributed by atoms with Gasteiger partial charge >= 0.3 is 5.97 Å². The molecule has 0 saturated carbocycles. The van der Waals surface area contributed by atoms with Crippen molar-refractivity contribution < 1.29 is 28.9 Å². The fourth-order valence-electron chi connectivity index (χ4n) is 3.33. The number of carbonyl (C=O) groups excluding carboxylic acids is 1. The molecule has 7 nitrogen and oxygen atoms in total. The third-order valence-electron chi connectivity index (χ3n) is 4.76. The zero-order chi connectivity index (χ0) is 18.4. The quantitative estimate of drug-likeness (QED) is 0.797. The Labute approximate surface area is 152 Å². The molecule has 1 unspecified atom stereocenters. The highest BCUT2D eigenvalue weighted by Crippen LogP contribution is 2.20. The molecule has 2 aliphatic rings. The van der Waals surface area contributed by atoms with Crippen molar-refractivity contribution in [1.82, 2.24) is 4.90 Å². The Balaban J connectivity index is 1.62. The summed E-state index contributed by atoms with van der Waals surface area (Å²) < 4.78 is 16.5. The first-order chi connectivity index (χ1) is 12.6. The van der Waals surface area contributed by atoms with Gasteiger partial charge in [0.2, 0.25) is 0 Å². The zero-order valence-corrected chi connectivity index (χ0v) is 14.8. The van der Waals surface area contributed by atoms with Gasteiger partial charge in [-0.3, -0.25) is 9.59 Å². The maximum atomic E-state index is 12.8. The SMILES string of the molecule is O=C(O)CN(C(=O)c1ccc(OCC2CCCO2)cc1)C1CCOCC1. The van der Waals surface area contributed by atoms with Crippen molar-refractivity contribution in [2.75, 3.05) is 33.0 Å². The summed E-state index contributed by atoms with van der Waals surface area (Å²) >= 11 is 0. The lowest BCUT2D eigenvalue weighted by atomic mass is 10.1. The largest absolute Gasteiger partial charge is 0.491 e. The molecule has 1 atom stereocenters. The molecule has 2 aliphatic heterocycles. The van der Waals surface area contributed by atoms with Crippen LogP contribution >= 0.6 is 0 Å². The minimum Gasteiger partial charge on any atom is -0.491 e. The standard InChI is InChI=1S/C19H25NO6/c21-18(22)12-20(15-7-10-24-11-8-15)19(23)14-3-5-16(6-4-14)26-13-17-2-1-9-25-17/h3-6,15,17H,1-2,7-13H2,(H,21,22). The second kappa shape index (κ2) is 9.00. The van der Waals surface area contributed by atoms with E-state index in [0.717, 1.165) is 19.4 Å². The molecule has 0 aliphatic carbocycles. The molecule has 1 aromatic carbocycles. The van der Waals surface area contributed by atoms with Gasteiger partial charge in [-0.1, -0.05) is 0 Å². The third-order valence-corrected chi connectivity index (χ3v) is 4.76. The number of rotatable bonds is 7. The Bertz CT molecular complexity index is 605. The second-order valence-electron chi connectivity index (χ2n) is 6.64. The average Bonchev–Trinajstić information content (AvgIpc) is 3.18. The highest BCUT2D eigenvalue weighted by molar-refractivity contribution is 5.96. The monoisotopic (exact) mass is 363 g/mol. The molecule has 0 radical (unpaired) electrons. The Morgan fingerprint density at radius 2 is 1.85 bits per heavy atom. The molecule has 2 fully saturated rings. The number of hydrogen-bond donors (Lipinski definition) is 1. The van der Waals surface area contributed by atoms with Crippen LogP contribution in [0.1, 0.15) is 36.0 Å². The Kier molecular flexibility index (Phi) is 6.46. The first-order valence-electron chi connectivity index (χ1n) is 9.08. The van der Waals surface area contributed by atoms with E-state index in [-0.39, 0.29) is 24.6 Å². The van der Waals surface area contributed by atoms with E-state index in [1.54, 1.807) is 24.3 Å². The van der Waals surface area contributed by atoms with E-state index in [0.29, 0.717) is 44.0 Å². The lowest BCUT2D eigenvalue weighted by Crippen LogP contribution is -2.46. The van der Waals surface area contributed by atoms with Crippen molar-refractivity contribution >= 4 is 11.9 Å². The van der Waals surface area contributed by atoms with Crippen LogP contribution in [0.4, 0.5) is 0 Å². The number of amides is 1. The molecule has 26 heavy (non-hydrogen) atoms. The maximum Gasteiger partial charge on any atom is 0.323 e. The summed E-state index contributed by atoms with van der Waals surface area (Å²) in [4.78, 5) is 25.5. The molecule has 0 bridgehead atoms. The molecule has 7 heteroatoms. The van der Waals surface area contributed by atoms with Crippen molar-refractivity contribution in [3.63, 3.8) is 0 Å². The van der Waals surface area contributed by atoms with Gasteiger partial charge in [-0.25, -0.2) is 0 Å². The van der Waals surface area contributed by atoms with E-state index < -0.39 is 5.97 Å². The van der Waals surface area contributed by atoms with Crippen LogP contribution in [0.2, 0.25) is 0 Å². The number of carboxylic acids is 1. The van der Waals surface area contributed by atoms with Gasteiger partial charge in [0.05, 0.1) is 6.10 Å². The maximum absolute atomic E-state index is 12.8. The molecular weight excluding hydrogens is 338 g/mol. The van der Waals surface area contributed by atoms with Crippen LogP contribution in [0.25, 0.3) is 0 Å². The molecule has 0 spiro atoms. The van der Waals surface area contributed by atoms with Crippen molar-refractivity contribution in [3.05, 3.63) is 29.8 Å². The normalized spacial score (nSPS) is 20.7. The summed E-state index contributed by atoms with van der Waals surface area (Å²) in [6.45, 7) is 2.07. The highest BCUT2D eigenvalue weighted by atomic mass is 16.5. The van der Waals surface area contributed by atoms with Crippen LogP contribution in [-0.4, -0.2) is 67.0 Å². The third kappa shape index (κ3) is 4.95. The molecular formula is C19H25NO6. The van der Waals surface area contributed by atoms with Crippen LogP contribution in [-0.2, 0) is 14.3 Å². The lowest BCUT2D eigenvalue weighted by Gasteiger charge is -2.33. The van der Waals surface area contributed by atoms with Crippen molar-refractivity contribution in [3.8, 4) is 5.75 Å². The number of hydrogen-bond acceptors (Lipinski definition) is 5. The first-order valence-corrected chi connectivity index (χ1v) is 9.08. The van der Waals surface area contributed by atoms with Gasteiger partial charge in [0.15, 0.2) is 0 Å². The molecule has 1 amide bonds. The molecule has 2 saturated heterocycles. The second-order valence-corrected chi connectivity index (χ2v) is 6.64. The minimum absolute atomic E-state index is 0.109. The van der Waals surface area contributed by atoms with Gasteiger partial charge in [-0.2, -0.15) is 0 Å². The fraction of sp³-hybridized carbons (Fsp3) is 0.579. The van der Waals surface area contributed by atoms with Crippen LogP contribution in [0.3, 0.4) is 0 Å². The van der Waals surface area contributed by atoms with E-state index in [4.69, 9.17) is 14.2 Å². The van der Waals surface area contributed by atoms with Gasteiger partial charge in [0.25, 0.3) is 5.91 Å². The van der Waals surface area contributed by atoms with Crippen molar-refractivity contribution in [2.24, 2.45) is 0 Å². The van der Waals surface area contributed by atoms with Crippen molar-refractivity contribution in [1.29, 1.82) is 0 Å². The molecule has 142 valence electrons. The molecule has 3 rings (SSSR count). The van der Waals surface area contributed by atoms with Gasteiger partial charge < -0.3 is 24.2 Å². The summed E-state index contributed by atoms with van der Waals surface area (Å²) in [5.74, 6) is -0.612. The fourth-order valence-corrected chi connectivity index (χ4v) is 3.33. The van der Waals surface area contributed by atoms with Gasteiger partial charge in [-0.15, -0.1) is 0 Å². The van der Waals surface area contributed by atoms with Crippen LogP contribution < -0.4 is 4.74 Å². The Hall–Kier alpha value is -2.12. The number of nitrogens with zero attached hydrogens (tertiary/aromatic N) is 1. The number of carboxylic acid groups (broad SMARTS) is 1. The number of aliphatic carboxylic acids is 1. The van der Waals surface area contributed by atoms with E-state index >= 15 is 0 Å². The predicted octanol–water partition coefficient (Wildman–Crippen LogP) is 1.95. The van der Waals surface area contributed by atoms with E-state index in [9.17, 15) is 14.7 Å². The van der Waals surface area contributed by atoms with Crippen LogP contribution in [0, 0.1) is 0 Å². The van der Waals surface area contributed by atoms with E-state index in [1.807, 2.05) is 0 Å². The molecule has 1 N–H and O–H groups in total. The van der Waals surface area contributed by atoms with E-state index in [1.165, 1.54) is 4.90 Å². The summed E-state index contributed by atoms with van der Waals surface area (Å²) in [6, 6.07) is 6.74. The Morgan fingerprint density at radius 1 is 1.12 bits per heavy atom. The smallest absolute Gasteiger partial charge is 0.323 e. The molecule has 1 aromatic rings. The number of ether oxygens (including phenoxy) is 3. The molecule has 2 heterocycles. The molecule has 0 aromatic heterocycles. The van der Waals surface area contributed by atoms with E-state index in [2.05, 4.69) is 0 Å². The summed E-state index contributed by atoms with van der Waals surface area (Å²) in [6.07, 6.45) is 3.51. The topological polar surface area (TPSA) is 85.3 Å². The summed E-state index contributed by atoms with van der Waals surface area (Å²) in [5, 5.41) is 9.17. The first kappa shape index (κ1) is 18.7. The minimum atomic E-state index is -1.01. The zero-order valence-electron chi connectivity index (χ0n) is 14.8. The summed E-state index contributed by atoms with van der Waals surface area (Å²) in [5.41, 5.74) is 0.460. The number of benzene rings is 1. The lowest BCUT2D eigenvalue weighted by molar-refractivity contribution is -0.138. The highest BCUT2D eigenvalue weighted by Gasteiger charge is 2.28. The van der Waals surface area contributed by atoms with Gasteiger partial charge in [0, 0.05) is 31.4 Å².